The molecule has 20 heavy (non-hydrogen) atoms. The Kier molecular flexibility index (Phi) is 4.85. The number of amides is 1. The van der Waals surface area contributed by atoms with E-state index in [0.29, 0.717) is 12.3 Å². The van der Waals surface area contributed by atoms with Crippen molar-refractivity contribution < 1.29 is 9.21 Å². The number of hydrogen-bond donors (Lipinski definition) is 0. The van der Waals surface area contributed by atoms with E-state index >= 15 is 0 Å². The van der Waals surface area contributed by atoms with E-state index in [4.69, 9.17) is 4.42 Å². The molecule has 0 aliphatic heterocycles. The fraction of sp³-hybridized carbons (Fsp3) is 0.188. The highest BCUT2D eigenvalue weighted by molar-refractivity contribution is 14.1. The van der Waals surface area contributed by atoms with Gasteiger partial charge in [-0.15, -0.1) is 0 Å². The lowest BCUT2D eigenvalue weighted by molar-refractivity contribution is 0.0963. The van der Waals surface area contributed by atoms with E-state index in [1.807, 2.05) is 54.6 Å². The van der Waals surface area contributed by atoms with Crippen molar-refractivity contribution in [2.45, 2.75) is 13.8 Å². The van der Waals surface area contributed by atoms with Gasteiger partial charge < -0.3 is 4.42 Å². The Bertz CT molecular complexity index is 645. The Morgan fingerprint density at radius 1 is 1.25 bits per heavy atom. The summed E-state index contributed by atoms with van der Waals surface area (Å²) in [5.41, 5.74) is 2.98. The van der Waals surface area contributed by atoms with Crippen LogP contribution in [0, 0.1) is 23.7 Å². The summed E-state index contributed by atoms with van der Waals surface area (Å²) < 4.78 is 8.02. The van der Waals surface area contributed by atoms with Crippen molar-refractivity contribution in [2.24, 2.45) is 0 Å². The summed E-state index contributed by atoms with van der Waals surface area (Å²) in [4.78, 5) is 14.2. The highest BCUT2D eigenvalue weighted by atomic mass is 127. The molecule has 1 aromatic heterocycles. The predicted octanol–water partition coefficient (Wildman–Crippen LogP) is 3.94. The minimum Gasteiger partial charge on any atom is -0.459 e. The molecule has 1 heterocycles. The molecule has 0 N–H and O–H groups in total. The second-order valence-electron chi connectivity index (χ2n) is 4.38. The maximum absolute atomic E-state index is 12.6. The molecule has 0 saturated heterocycles. The first-order chi connectivity index (χ1) is 9.65. The second-order valence-corrected chi connectivity index (χ2v) is 4.92. The maximum atomic E-state index is 12.6. The van der Waals surface area contributed by atoms with Gasteiger partial charge in [0.25, 0.3) is 5.91 Å². The second kappa shape index (κ2) is 6.62. The minimum atomic E-state index is -0.174. The Balaban J connectivity index is 2.47. The molecule has 2 rings (SSSR count). The first kappa shape index (κ1) is 14.7. The van der Waals surface area contributed by atoms with Crippen LogP contribution in [0.4, 0.5) is 5.69 Å². The van der Waals surface area contributed by atoms with E-state index in [-0.39, 0.29) is 5.91 Å². The van der Waals surface area contributed by atoms with E-state index < -0.39 is 0 Å². The summed E-state index contributed by atoms with van der Waals surface area (Å²) in [7, 11) is 0. The van der Waals surface area contributed by atoms with Crippen LogP contribution < -0.4 is 4.90 Å². The molecule has 102 valence electrons. The Hall–Kier alpha value is -1.74. The molecule has 0 bridgehead atoms. The van der Waals surface area contributed by atoms with Gasteiger partial charge in [-0.1, -0.05) is 24.1 Å². The van der Waals surface area contributed by atoms with Gasteiger partial charge in [0.2, 0.25) is 0 Å². The Labute approximate surface area is 132 Å². The maximum Gasteiger partial charge on any atom is 0.294 e. The van der Waals surface area contributed by atoms with Crippen LogP contribution in [0.5, 0.6) is 0 Å². The number of anilines is 1. The van der Waals surface area contributed by atoms with Crippen LogP contribution >= 0.6 is 22.6 Å². The molecule has 2 aromatic rings. The molecule has 0 atom stereocenters. The van der Waals surface area contributed by atoms with Gasteiger partial charge in [-0.3, -0.25) is 9.69 Å². The number of carbonyl (C=O) groups excluding carboxylic acids is 1. The van der Waals surface area contributed by atoms with Crippen molar-refractivity contribution in [2.75, 3.05) is 11.4 Å². The quantitative estimate of drug-likeness (QED) is 0.598. The average molecular weight is 379 g/mol. The van der Waals surface area contributed by atoms with E-state index in [0.717, 1.165) is 16.8 Å². The lowest BCUT2D eigenvalue weighted by atomic mass is 10.1. The molecule has 0 unspecified atom stereocenters. The number of furan rings is 1. The van der Waals surface area contributed by atoms with Crippen LogP contribution in [0.25, 0.3) is 0 Å². The van der Waals surface area contributed by atoms with Gasteiger partial charge >= 0.3 is 0 Å². The molecule has 1 aromatic carbocycles. The third kappa shape index (κ3) is 3.05. The van der Waals surface area contributed by atoms with Crippen molar-refractivity contribution in [1.82, 2.24) is 0 Å². The lowest BCUT2D eigenvalue weighted by Gasteiger charge is -2.23. The van der Waals surface area contributed by atoms with E-state index in [2.05, 4.69) is 9.85 Å². The third-order valence-electron chi connectivity index (χ3n) is 2.99. The zero-order chi connectivity index (χ0) is 14.5. The summed E-state index contributed by atoms with van der Waals surface area (Å²) in [6, 6.07) is 9.33. The summed E-state index contributed by atoms with van der Waals surface area (Å²) in [6.45, 7) is 4.32. The monoisotopic (exact) mass is 379 g/mol. The van der Waals surface area contributed by atoms with E-state index in [1.165, 1.54) is 6.26 Å². The van der Waals surface area contributed by atoms with Gasteiger partial charge in [-0.05, 0) is 41.0 Å². The van der Waals surface area contributed by atoms with Crippen LogP contribution in [0.15, 0.2) is 41.0 Å². The highest BCUT2D eigenvalue weighted by Gasteiger charge is 2.22. The van der Waals surface area contributed by atoms with Gasteiger partial charge in [0.05, 0.1) is 18.5 Å². The third-order valence-corrected chi connectivity index (χ3v) is 3.37. The summed E-state index contributed by atoms with van der Waals surface area (Å²) >= 11 is 1.97. The van der Waals surface area contributed by atoms with Crippen molar-refractivity contribution >= 4 is 34.2 Å². The summed E-state index contributed by atoms with van der Waals surface area (Å²) in [6.07, 6.45) is 1.50. The Morgan fingerprint density at radius 2 is 1.95 bits per heavy atom. The Morgan fingerprint density at radius 3 is 2.50 bits per heavy atom. The molecule has 0 radical (unpaired) electrons. The molecule has 1 amide bonds. The van der Waals surface area contributed by atoms with Crippen molar-refractivity contribution in [3.8, 4) is 9.85 Å². The smallest absolute Gasteiger partial charge is 0.294 e. The minimum absolute atomic E-state index is 0.174. The summed E-state index contributed by atoms with van der Waals surface area (Å²) in [5.74, 6) is 3.09. The first-order valence-electron chi connectivity index (χ1n) is 6.15. The van der Waals surface area contributed by atoms with Gasteiger partial charge in [-0.25, -0.2) is 0 Å². The standard InChI is InChI=1S/C16H14INO2/c1-12-6-3-7-13(2)15(12)18(10-5-9-17)16(19)14-8-4-11-20-14/h3-4,6-8,11H,10H2,1-2H3. The van der Waals surface area contributed by atoms with Gasteiger partial charge in [0.1, 0.15) is 0 Å². The molecule has 0 aliphatic rings. The van der Waals surface area contributed by atoms with Crippen molar-refractivity contribution in [3.63, 3.8) is 0 Å². The summed E-state index contributed by atoms with van der Waals surface area (Å²) in [5, 5.41) is 0. The molecule has 3 nitrogen and oxygen atoms in total. The molecule has 0 aliphatic carbocycles. The molecule has 0 fully saturated rings. The SMILES string of the molecule is Cc1cccc(C)c1N(CC#CI)C(=O)c1ccco1. The first-order valence-corrected chi connectivity index (χ1v) is 7.23. The van der Waals surface area contributed by atoms with Crippen LogP contribution in [-0.2, 0) is 0 Å². The average Bonchev–Trinajstić information content (AvgIpc) is 2.95. The van der Waals surface area contributed by atoms with Gasteiger partial charge in [0.15, 0.2) is 5.76 Å². The number of benzene rings is 1. The van der Waals surface area contributed by atoms with Crippen LogP contribution in [-0.4, -0.2) is 12.5 Å². The van der Waals surface area contributed by atoms with Gasteiger partial charge in [-0.2, -0.15) is 0 Å². The lowest BCUT2D eigenvalue weighted by Crippen LogP contribution is -2.32. The fourth-order valence-electron chi connectivity index (χ4n) is 2.13. The molecular weight excluding hydrogens is 365 g/mol. The zero-order valence-corrected chi connectivity index (χ0v) is 13.5. The molecular formula is C16H14INO2. The van der Waals surface area contributed by atoms with Gasteiger partial charge in [0, 0.05) is 22.6 Å². The zero-order valence-electron chi connectivity index (χ0n) is 11.3. The van der Waals surface area contributed by atoms with E-state index in [1.54, 1.807) is 17.0 Å². The van der Waals surface area contributed by atoms with Crippen LogP contribution in [0.2, 0.25) is 0 Å². The highest BCUT2D eigenvalue weighted by Crippen LogP contribution is 2.26. The normalized spacial score (nSPS) is 9.75. The number of rotatable bonds is 3. The number of aryl methyl sites for hydroxylation is 2. The predicted molar refractivity (Wildman–Crippen MR) is 88.1 cm³/mol. The van der Waals surface area contributed by atoms with Crippen molar-refractivity contribution in [3.05, 3.63) is 53.5 Å². The molecule has 0 spiro atoms. The topological polar surface area (TPSA) is 33.5 Å². The number of carbonyl (C=O) groups is 1. The number of halogens is 1. The number of nitrogens with zero attached hydrogens (tertiary/aromatic N) is 1. The van der Waals surface area contributed by atoms with Crippen molar-refractivity contribution in [1.29, 1.82) is 0 Å². The fourth-order valence-corrected chi connectivity index (χ4v) is 2.30. The van der Waals surface area contributed by atoms with E-state index in [9.17, 15) is 4.79 Å². The largest absolute Gasteiger partial charge is 0.459 e. The number of para-hydroxylation sites is 1. The number of hydrogen-bond acceptors (Lipinski definition) is 2. The van der Waals surface area contributed by atoms with Crippen LogP contribution in [0.3, 0.4) is 0 Å². The molecule has 4 heteroatoms. The molecule has 0 saturated carbocycles. The van der Waals surface area contributed by atoms with Crippen LogP contribution in [0.1, 0.15) is 21.7 Å².